The minimum absolute atomic E-state index is 0.0228. The van der Waals surface area contributed by atoms with Crippen LogP contribution in [0, 0.1) is 24.2 Å². The second kappa shape index (κ2) is 15.7. The van der Waals surface area contributed by atoms with Gasteiger partial charge in [0.15, 0.2) is 0 Å². The molecule has 0 unspecified atom stereocenters. The number of aliphatic hydroxyl groups is 1. The Morgan fingerprint density at radius 3 is 2.67 bits per heavy atom. The van der Waals surface area contributed by atoms with Crippen LogP contribution in [0.25, 0.3) is 10.2 Å². The second-order valence-electron chi connectivity index (χ2n) is 14.6. The largest absolute Gasteiger partial charge is 0.461 e. The van der Waals surface area contributed by atoms with Crippen LogP contribution < -0.4 is 0 Å². The number of aliphatic hydroxyl groups excluding tert-OH is 1. The molecular weight excluding hydrogens is 598 g/mol. The van der Waals surface area contributed by atoms with Gasteiger partial charge in [-0.1, -0.05) is 65.5 Å². The molecule has 1 saturated carbocycles. The molecule has 1 aromatic heterocycles. The first-order valence-electron chi connectivity index (χ1n) is 17.4. The topological polar surface area (TPSA) is 106 Å². The third-order valence-corrected chi connectivity index (χ3v) is 11.4. The predicted octanol–water partition coefficient (Wildman–Crippen LogP) is 8.44. The number of unbranched alkanes of at least 4 members (excludes halogenated alkanes) is 3. The lowest BCUT2D eigenvalue weighted by atomic mass is 9.70. The highest BCUT2D eigenvalue weighted by Gasteiger charge is 2.52. The van der Waals surface area contributed by atoms with E-state index in [4.69, 9.17) is 9.47 Å². The van der Waals surface area contributed by atoms with Crippen molar-refractivity contribution in [2.45, 2.75) is 148 Å². The fraction of sp³-hybridized carbons (Fsp3) is 0.684. The highest BCUT2D eigenvalue weighted by molar-refractivity contribution is 7.18. The Hall–Kier alpha value is -2.42. The molecule has 0 spiro atoms. The summed E-state index contributed by atoms with van der Waals surface area (Å²) in [5.41, 5.74) is 0.470. The molecule has 2 heterocycles. The number of ether oxygens (including phenoxy) is 2. The Balaban J connectivity index is 1.60. The number of hydrogen-bond acceptors (Lipinski definition) is 8. The van der Waals surface area contributed by atoms with Crippen molar-refractivity contribution in [2.24, 2.45) is 17.3 Å². The van der Waals surface area contributed by atoms with Crippen molar-refractivity contribution < 1.29 is 29.0 Å². The Labute approximate surface area is 279 Å². The van der Waals surface area contributed by atoms with E-state index >= 15 is 0 Å². The van der Waals surface area contributed by atoms with Crippen LogP contribution in [0.15, 0.2) is 30.9 Å². The van der Waals surface area contributed by atoms with E-state index in [1.54, 1.807) is 31.3 Å². The van der Waals surface area contributed by atoms with Crippen LogP contribution in [-0.4, -0.2) is 51.5 Å². The van der Waals surface area contributed by atoms with Crippen LogP contribution >= 0.6 is 11.3 Å². The standard InChI is InChI=1S/C38H55NO6S/c1-8-10-11-12-16-34(42)44-35-24(3)15-13-19-38(7)33(45-38)22-27(26-17-18-31-30(21-26)39-25(4)46-31)20-28(40)23-32(41)37(5,6)36(43)29(35)14-9-2/h9,17-18,21,24,27,29,32-33,35,41H,2,8,10-16,19-20,22-23H2,1,3-7H3/t24-,27-,29+,32-,33-,35-,38+/m0/s1. The molecule has 2 aromatic rings. The lowest BCUT2D eigenvalue weighted by Crippen LogP contribution is -2.47. The third kappa shape index (κ3) is 8.93. The van der Waals surface area contributed by atoms with Gasteiger partial charge in [-0.3, -0.25) is 14.4 Å². The van der Waals surface area contributed by atoms with Gasteiger partial charge in [0.25, 0.3) is 0 Å². The number of carbonyl (C=O) groups excluding carboxylic acids is 3. The van der Waals surface area contributed by atoms with E-state index < -0.39 is 23.5 Å². The van der Waals surface area contributed by atoms with Gasteiger partial charge in [-0.05, 0) is 75.5 Å². The average molecular weight is 654 g/mol. The number of ketones is 2. The van der Waals surface area contributed by atoms with Gasteiger partial charge >= 0.3 is 5.97 Å². The predicted molar refractivity (Wildman–Crippen MR) is 184 cm³/mol. The third-order valence-electron chi connectivity index (χ3n) is 10.4. The quantitative estimate of drug-likeness (QED) is 0.125. The maximum atomic E-state index is 14.3. The number of rotatable bonds is 9. The van der Waals surface area contributed by atoms with E-state index in [2.05, 4.69) is 50.5 Å². The van der Waals surface area contributed by atoms with Gasteiger partial charge < -0.3 is 14.6 Å². The first kappa shape index (κ1) is 36.4. The van der Waals surface area contributed by atoms with Crippen molar-refractivity contribution in [3.63, 3.8) is 0 Å². The molecule has 254 valence electrons. The molecule has 2 fully saturated rings. The molecule has 1 N–H and O–H groups in total. The molecule has 7 nitrogen and oxygen atoms in total. The molecule has 0 bridgehead atoms. The monoisotopic (exact) mass is 653 g/mol. The molecule has 1 aromatic carbocycles. The first-order chi connectivity index (χ1) is 21.8. The van der Waals surface area contributed by atoms with Gasteiger partial charge in [0.05, 0.1) is 44.4 Å². The van der Waals surface area contributed by atoms with E-state index in [1.807, 2.05) is 6.92 Å². The van der Waals surface area contributed by atoms with E-state index in [0.717, 1.165) is 65.7 Å². The molecular formula is C38H55NO6S. The second-order valence-corrected chi connectivity index (χ2v) is 15.9. The van der Waals surface area contributed by atoms with E-state index in [9.17, 15) is 19.5 Å². The number of aryl methyl sites for hydroxylation is 1. The zero-order chi connectivity index (χ0) is 33.6. The van der Waals surface area contributed by atoms with Gasteiger partial charge in [0.1, 0.15) is 17.7 Å². The minimum atomic E-state index is -1.23. The Morgan fingerprint density at radius 1 is 1.20 bits per heavy atom. The van der Waals surface area contributed by atoms with Crippen molar-refractivity contribution in [3.05, 3.63) is 41.4 Å². The average Bonchev–Trinajstić information content (AvgIpc) is 3.47. The number of esters is 1. The maximum absolute atomic E-state index is 14.3. The number of hydrogen-bond donors (Lipinski definition) is 1. The summed E-state index contributed by atoms with van der Waals surface area (Å²) < 4.78 is 13.6. The number of epoxide rings is 1. The van der Waals surface area contributed by atoms with Crippen LogP contribution in [0.3, 0.4) is 0 Å². The zero-order valence-corrected chi connectivity index (χ0v) is 29.6. The summed E-state index contributed by atoms with van der Waals surface area (Å²) in [6.07, 6.45) is 7.69. The summed E-state index contributed by atoms with van der Waals surface area (Å²) in [7, 11) is 0. The molecule has 0 amide bonds. The number of benzene rings is 1. The maximum Gasteiger partial charge on any atom is 0.306 e. The van der Waals surface area contributed by atoms with Crippen molar-refractivity contribution >= 4 is 39.1 Å². The molecule has 1 saturated heterocycles. The minimum Gasteiger partial charge on any atom is -0.461 e. The van der Waals surface area contributed by atoms with Crippen molar-refractivity contribution in [1.29, 1.82) is 0 Å². The van der Waals surface area contributed by atoms with Crippen molar-refractivity contribution in [3.8, 4) is 0 Å². The lowest BCUT2D eigenvalue weighted by molar-refractivity contribution is -0.160. The molecule has 46 heavy (non-hydrogen) atoms. The molecule has 1 aliphatic carbocycles. The molecule has 0 radical (unpaired) electrons. The van der Waals surface area contributed by atoms with Gasteiger partial charge in [0.2, 0.25) is 0 Å². The summed E-state index contributed by atoms with van der Waals surface area (Å²) in [5, 5.41) is 12.5. The number of aromatic nitrogens is 1. The summed E-state index contributed by atoms with van der Waals surface area (Å²) >= 11 is 1.65. The van der Waals surface area contributed by atoms with Crippen molar-refractivity contribution in [1.82, 2.24) is 4.98 Å². The summed E-state index contributed by atoms with van der Waals surface area (Å²) in [5.74, 6) is -1.41. The fourth-order valence-electron chi connectivity index (χ4n) is 7.20. The highest BCUT2D eigenvalue weighted by Crippen LogP contribution is 2.47. The molecule has 7 atom stereocenters. The molecule has 1 aliphatic heterocycles. The van der Waals surface area contributed by atoms with Crippen LogP contribution in [0.1, 0.15) is 128 Å². The summed E-state index contributed by atoms with van der Waals surface area (Å²) in [4.78, 5) is 45.7. The smallest absolute Gasteiger partial charge is 0.306 e. The van der Waals surface area contributed by atoms with Gasteiger partial charge in [0, 0.05) is 19.3 Å². The molecule has 4 rings (SSSR count). The molecule has 2 aliphatic rings. The van der Waals surface area contributed by atoms with E-state index in [0.29, 0.717) is 19.3 Å². The summed E-state index contributed by atoms with van der Waals surface area (Å²) in [6.45, 7) is 15.6. The van der Waals surface area contributed by atoms with Crippen molar-refractivity contribution in [2.75, 3.05) is 0 Å². The van der Waals surface area contributed by atoms with Gasteiger partial charge in [-0.15, -0.1) is 17.9 Å². The number of Topliss-reactive ketones (excluding diaryl/α,β-unsaturated/α-hetero) is 2. The fourth-order valence-corrected chi connectivity index (χ4v) is 8.01. The van der Waals surface area contributed by atoms with Crippen LogP contribution in [-0.2, 0) is 23.9 Å². The van der Waals surface area contributed by atoms with Gasteiger partial charge in [-0.25, -0.2) is 4.98 Å². The highest BCUT2D eigenvalue weighted by atomic mass is 32.1. The Bertz CT molecular complexity index is 1380. The number of fused-ring (bicyclic) bond motifs is 2. The number of thiazole rings is 1. The van der Waals surface area contributed by atoms with E-state index in [-0.39, 0.29) is 53.9 Å². The van der Waals surface area contributed by atoms with Gasteiger partial charge in [-0.2, -0.15) is 0 Å². The van der Waals surface area contributed by atoms with E-state index in [1.165, 1.54) is 0 Å². The van der Waals surface area contributed by atoms with Crippen LogP contribution in [0.4, 0.5) is 0 Å². The number of nitrogens with zero attached hydrogens (tertiary/aromatic N) is 1. The SMILES string of the molecule is C=CC[C@H]1C(=O)C(C)(C)[C@@H](O)CC(=O)C[C@H](c2ccc3sc(C)nc3c2)C[C@@H]2O[C@]2(C)CCC[C@H](C)[C@@H]1OC(=O)CCCCCC. The first-order valence-corrected chi connectivity index (χ1v) is 18.2. The number of carbonyl (C=O) groups is 3. The number of allylic oxidation sites excluding steroid dienone is 1. The van der Waals surface area contributed by atoms with Crippen LogP contribution in [0.5, 0.6) is 0 Å². The normalized spacial score (nSPS) is 30.9. The summed E-state index contributed by atoms with van der Waals surface area (Å²) in [6, 6.07) is 6.26. The molecule has 8 heteroatoms. The Morgan fingerprint density at radius 2 is 1.96 bits per heavy atom. The zero-order valence-electron chi connectivity index (χ0n) is 28.8. The Kier molecular flexibility index (Phi) is 12.4. The van der Waals surface area contributed by atoms with Crippen LogP contribution in [0.2, 0.25) is 0 Å². The lowest BCUT2D eigenvalue weighted by Gasteiger charge is -2.37.